The van der Waals surface area contributed by atoms with E-state index in [1.54, 1.807) is 11.8 Å². The normalized spacial score (nSPS) is 17.2. The van der Waals surface area contributed by atoms with E-state index in [-0.39, 0.29) is 11.9 Å². The summed E-state index contributed by atoms with van der Waals surface area (Å²) >= 11 is 1.56. The van der Waals surface area contributed by atoms with Gasteiger partial charge in [0.05, 0.1) is 21.8 Å². The summed E-state index contributed by atoms with van der Waals surface area (Å²) in [6, 6.07) is 17.0. The first-order valence-corrected chi connectivity index (χ1v) is 12.4. The highest BCUT2D eigenvalue weighted by molar-refractivity contribution is 8.04. The predicted octanol–water partition coefficient (Wildman–Crippen LogP) is 4.63. The van der Waals surface area contributed by atoms with E-state index in [1.807, 2.05) is 36.4 Å². The SMILES string of the molecule is CN(C(=O)C1=Cc2cnc3cccc(n23)S1)C(CCCc1ccccc1)C1CCNCC1. The molecule has 1 saturated heterocycles. The molecule has 1 N–H and O–H groups in total. The van der Waals surface area contributed by atoms with Gasteiger partial charge in [-0.05, 0) is 74.9 Å². The molecule has 32 heavy (non-hydrogen) atoms. The van der Waals surface area contributed by atoms with Gasteiger partial charge in [-0.3, -0.25) is 9.20 Å². The second kappa shape index (κ2) is 9.51. The van der Waals surface area contributed by atoms with E-state index in [2.05, 4.69) is 51.1 Å². The van der Waals surface area contributed by atoms with Crippen LogP contribution in [-0.4, -0.2) is 46.4 Å². The maximum absolute atomic E-state index is 13.7. The van der Waals surface area contributed by atoms with Crippen molar-refractivity contribution in [3.8, 4) is 0 Å². The molecule has 5 nitrogen and oxygen atoms in total. The summed E-state index contributed by atoms with van der Waals surface area (Å²) in [6.45, 7) is 2.08. The number of benzene rings is 1. The van der Waals surface area contributed by atoms with E-state index < -0.39 is 0 Å². The summed E-state index contributed by atoms with van der Waals surface area (Å²) in [6.07, 6.45) is 9.30. The lowest BCUT2D eigenvalue weighted by molar-refractivity contribution is -0.128. The van der Waals surface area contributed by atoms with Gasteiger partial charge >= 0.3 is 0 Å². The maximum Gasteiger partial charge on any atom is 0.260 e. The Bertz CT molecular complexity index is 1120. The highest BCUT2D eigenvalue weighted by Crippen LogP contribution is 2.36. The van der Waals surface area contributed by atoms with E-state index in [9.17, 15) is 4.79 Å². The molecule has 0 radical (unpaired) electrons. The number of pyridine rings is 1. The zero-order valence-corrected chi connectivity index (χ0v) is 19.4. The van der Waals surface area contributed by atoms with Crippen LogP contribution in [-0.2, 0) is 11.2 Å². The molecule has 3 aromatic rings. The average Bonchev–Trinajstić information content (AvgIpc) is 3.27. The van der Waals surface area contributed by atoms with Gasteiger partial charge in [0.1, 0.15) is 5.65 Å². The first kappa shape index (κ1) is 21.3. The van der Waals surface area contributed by atoms with Crippen LogP contribution in [0.1, 0.15) is 36.9 Å². The van der Waals surface area contributed by atoms with Crippen molar-refractivity contribution in [1.82, 2.24) is 19.6 Å². The predicted molar refractivity (Wildman–Crippen MR) is 131 cm³/mol. The van der Waals surface area contributed by atoms with Gasteiger partial charge in [0.25, 0.3) is 5.91 Å². The number of thioether (sulfide) groups is 1. The topological polar surface area (TPSA) is 49.6 Å². The molecule has 2 aliphatic rings. The Morgan fingerprint density at radius 3 is 2.81 bits per heavy atom. The molecule has 1 aromatic carbocycles. The first-order chi connectivity index (χ1) is 15.7. The lowest BCUT2D eigenvalue weighted by Gasteiger charge is -2.37. The molecular weight excluding hydrogens is 416 g/mol. The van der Waals surface area contributed by atoms with Crippen LogP contribution in [0.2, 0.25) is 0 Å². The number of carbonyl (C=O) groups is 1. The van der Waals surface area contributed by atoms with E-state index in [0.29, 0.717) is 5.92 Å². The molecule has 1 fully saturated rings. The van der Waals surface area contributed by atoms with Gasteiger partial charge in [0, 0.05) is 13.1 Å². The van der Waals surface area contributed by atoms with Crippen LogP contribution in [0, 0.1) is 5.92 Å². The summed E-state index contributed by atoms with van der Waals surface area (Å²) in [7, 11) is 2.01. The minimum atomic E-state index is 0.127. The first-order valence-electron chi connectivity index (χ1n) is 11.6. The molecule has 1 amide bonds. The van der Waals surface area contributed by atoms with Gasteiger partial charge in [0.2, 0.25) is 0 Å². The third-order valence-corrected chi connectivity index (χ3v) is 7.82. The Kier molecular flexibility index (Phi) is 6.32. The number of nitrogens with one attached hydrogen (secondary N) is 1. The van der Waals surface area contributed by atoms with Crippen molar-refractivity contribution in [2.45, 2.75) is 43.2 Å². The molecule has 2 aromatic heterocycles. The molecule has 0 bridgehead atoms. The van der Waals surface area contributed by atoms with Crippen molar-refractivity contribution in [3.05, 3.63) is 70.9 Å². The van der Waals surface area contributed by atoms with Crippen LogP contribution in [0.3, 0.4) is 0 Å². The summed E-state index contributed by atoms with van der Waals surface area (Å²) in [4.78, 5) is 21.0. The van der Waals surface area contributed by atoms with Crippen molar-refractivity contribution in [2.75, 3.05) is 20.1 Å². The third kappa shape index (κ3) is 4.34. The smallest absolute Gasteiger partial charge is 0.260 e. The van der Waals surface area contributed by atoms with Crippen molar-refractivity contribution in [1.29, 1.82) is 0 Å². The minimum Gasteiger partial charge on any atom is -0.338 e. The van der Waals surface area contributed by atoms with Gasteiger partial charge in [-0.2, -0.15) is 0 Å². The average molecular weight is 447 g/mol. The zero-order chi connectivity index (χ0) is 21.9. The van der Waals surface area contributed by atoms with E-state index in [4.69, 9.17) is 0 Å². The monoisotopic (exact) mass is 446 g/mol. The number of hydrogen-bond donors (Lipinski definition) is 1. The van der Waals surface area contributed by atoms with Crippen LogP contribution in [0.4, 0.5) is 0 Å². The Morgan fingerprint density at radius 2 is 2.00 bits per heavy atom. The fourth-order valence-corrected chi connectivity index (χ4v) is 6.12. The number of aryl methyl sites for hydroxylation is 1. The van der Waals surface area contributed by atoms with Gasteiger partial charge < -0.3 is 10.2 Å². The number of nitrogens with zero attached hydrogens (tertiary/aromatic N) is 3. The summed E-state index contributed by atoms with van der Waals surface area (Å²) in [5, 5.41) is 4.53. The largest absolute Gasteiger partial charge is 0.338 e. The van der Waals surface area contributed by atoms with Crippen LogP contribution < -0.4 is 5.32 Å². The van der Waals surface area contributed by atoms with Crippen molar-refractivity contribution in [2.24, 2.45) is 5.92 Å². The number of likely N-dealkylation sites (N-methyl/N-ethyl adjacent to an activating group) is 1. The molecule has 4 heterocycles. The number of amides is 1. The highest BCUT2D eigenvalue weighted by atomic mass is 32.2. The quantitative estimate of drug-likeness (QED) is 0.575. The number of hydrogen-bond acceptors (Lipinski definition) is 4. The maximum atomic E-state index is 13.7. The molecule has 6 heteroatoms. The summed E-state index contributed by atoms with van der Waals surface area (Å²) in [5.74, 6) is 0.673. The molecule has 0 spiro atoms. The molecule has 5 rings (SSSR count). The van der Waals surface area contributed by atoms with Gasteiger partial charge in [0.15, 0.2) is 0 Å². The number of rotatable bonds is 7. The van der Waals surface area contributed by atoms with E-state index >= 15 is 0 Å². The number of aromatic nitrogens is 2. The van der Waals surface area contributed by atoms with Crippen LogP contribution in [0.5, 0.6) is 0 Å². The van der Waals surface area contributed by atoms with Gasteiger partial charge in [-0.1, -0.05) is 48.2 Å². The van der Waals surface area contributed by atoms with E-state index in [1.165, 1.54) is 5.56 Å². The molecule has 166 valence electrons. The zero-order valence-electron chi connectivity index (χ0n) is 18.5. The van der Waals surface area contributed by atoms with Crippen molar-refractivity contribution in [3.63, 3.8) is 0 Å². The Balaban J connectivity index is 1.33. The van der Waals surface area contributed by atoms with Crippen LogP contribution in [0.15, 0.2) is 64.7 Å². The third-order valence-electron chi connectivity index (χ3n) is 6.78. The van der Waals surface area contributed by atoms with Crippen molar-refractivity contribution < 1.29 is 4.79 Å². The Hall–Kier alpha value is -2.57. The standard InChI is InChI=1S/C26H30N4OS/c1-29(26(31)23-17-21-18-28-24-11-6-12-25(32-23)30(21)24)22(20-13-15-27-16-14-20)10-5-9-19-7-3-2-4-8-19/h2-4,6-8,11-12,17-18,20,22,27H,5,9-10,13-16H2,1H3. The second-order valence-corrected chi connectivity index (χ2v) is 9.86. The minimum absolute atomic E-state index is 0.127. The molecule has 1 unspecified atom stereocenters. The molecule has 2 aliphatic heterocycles. The number of piperidine rings is 1. The Morgan fingerprint density at radius 1 is 1.19 bits per heavy atom. The fraction of sp³-hybridized carbons (Fsp3) is 0.385. The van der Waals surface area contributed by atoms with Gasteiger partial charge in [-0.25, -0.2) is 4.98 Å². The molecule has 0 aliphatic carbocycles. The van der Waals surface area contributed by atoms with E-state index in [0.717, 1.165) is 66.5 Å². The van der Waals surface area contributed by atoms with Crippen LogP contribution in [0.25, 0.3) is 11.7 Å². The van der Waals surface area contributed by atoms with Gasteiger partial charge in [-0.15, -0.1) is 0 Å². The molecule has 0 saturated carbocycles. The van der Waals surface area contributed by atoms with Crippen molar-refractivity contribution >= 4 is 29.4 Å². The summed E-state index contributed by atoms with van der Waals surface area (Å²) in [5.41, 5.74) is 3.28. The lowest BCUT2D eigenvalue weighted by Crippen LogP contribution is -2.45. The summed E-state index contributed by atoms with van der Waals surface area (Å²) < 4.78 is 2.12. The Labute approximate surface area is 193 Å². The lowest BCUT2D eigenvalue weighted by atomic mass is 9.86. The molecule has 1 atom stereocenters. The second-order valence-electron chi connectivity index (χ2n) is 8.80. The fourth-order valence-electron chi connectivity index (χ4n) is 5.05. The molecular formula is C26H30N4OS. The van der Waals surface area contributed by atoms with Crippen LogP contribution >= 0.6 is 11.8 Å². The highest BCUT2D eigenvalue weighted by Gasteiger charge is 2.31. The number of carbonyl (C=O) groups excluding carboxylic acids is 1. The number of imidazole rings is 1.